The minimum atomic E-state index is -0.345. The van der Waals surface area contributed by atoms with Gasteiger partial charge in [0.2, 0.25) is 0 Å². The molecule has 3 aromatic carbocycles. The Balaban J connectivity index is 1.82. The third-order valence-corrected chi connectivity index (χ3v) is 5.19. The van der Waals surface area contributed by atoms with Gasteiger partial charge in [0.15, 0.2) is 0 Å². The van der Waals surface area contributed by atoms with Crippen LogP contribution in [0.25, 0.3) is 33.6 Å². The number of nitrogens with zero attached hydrogens (tertiary/aromatic N) is 1. The largest absolute Gasteiger partial charge is 0.508 e. The lowest BCUT2D eigenvalue weighted by atomic mass is 9.96. The summed E-state index contributed by atoms with van der Waals surface area (Å²) in [6, 6.07) is 20.8. The zero-order valence-electron chi connectivity index (χ0n) is 14.9. The minimum absolute atomic E-state index is 0.172. The van der Waals surface area contributed by atoms with Gasteiger partial charge in [-0.2, -0.15) is 0 Å². The quantitative estimate of drug-likeness (QED) is 0.430. The van der Waals surface area contributed by atoms with E-state index in [9.17, 15) is 14.6 Å². The smallest absolute Gasteiger partial charge is 0.132 e. The van der Waals surface area contributed by atoms with Crippen LogP contribution in [-0.2, 0) is 6.42 Å². The summed E-state index contributed by atoms with van der Waals surface area (Å²) in [5.74, 6) is 0.0120. The van der Waals surface area contributed by atoms with Crippen LogP contribution >= 0.6 is 0 Å². The molecule has 136 valence electrons. The summed E-state index contributed by atoms with van der Waals surface area (Å²) in [6.45, 7) is 0. The van der Waals surface area contributed by atoms with Crippen molar-refractivity contribution < 1.29 is 14.6 Å². The lowest BCUT2D eigenvalue weighted by molar-refractivity contribution is 0.475. The van der Waals surface area contributed by atoms with Crippen LogP contribution in [0, 0.1) is 5.82 Å². The van der Waals surface area contributed by atoms with Crippen LogP contribution in [0.1, 0.15) is 11.1 Å². The number of aromatic nitrogens is 1. The van der Waals surface area contributed by atoms with Crippen molar-refractivity contribution in [3.05, 3.63) is 89.7 Å². The van der Waals surface area contributed by atoms with Gasteiger partial charge >= 0.3 is 0 Å². The van der Waals surface area contributed by atoms with E-state index >= 15 is 0 Å². The molecule has 1 heterocycles. The highest BCUT2D eigenvalue weighted by Gasteiger charge is 2.27. The fourth-order valence-corrected chi connectivity index (χ4v) is 3.86. The number of aromatic hydroxyl groups is 2. The van der Waals surface area contributed by atoms with Gasteiger partial charge in [-0.1, -0.05) is 36.4 Å². The number of phenolic OH excluding ortho intramolecular Hbond substituents is 2. The van der Waals surface area contributed by atoms with Gasteiger partial charge in [0.1, 0.15) is 17.3 Å². The van der Waals surface area contributed by atoms with Crippen molar-refractivity contribution in [1.29, 1.82) is 0 Å². The van der Waals surface area contributed by atoms with Crippen LogP contribution in [0.2, 0.25) is 0 Å². The van der Waals surface area contributed by atoms with Gasteiger partial charge in [-0.3, -0.25) is 0 Å². The molecule has 0 atom stereocenters. The number of halogens is 1. The van der Waals surface area contributed by atoms with Crippen molar-refractivity contribution in [2.24, 2.45) is 0 Å². The molecule has 0 saturated heterocycles. The van der Waals surface area contributed by atoms with E-state index in [2.05, 4.69) is 0 Å². The number of phenols is 2. The first-order valence-corrected chi connectivity index (χ1v) is 9.01. The Labute approximate surface area is 161 Å². The van der Waals surface area contributed by atoms with Crippen LogP contribution in [0.4, 0.5) is 4.39 Å². The highest BCUT2D eigenvalue weighted by Crippen LogP contribution is 2.46. The third kappa shape index (κ3) is 2.54. The second kappa shape index (κ2) is 6.20. The van der Waals surface area contributed by atoms with Gasteiger partial charge in [0, 0.05) is 17.5 Å². The molecule has 1 aromatic heterocycles. The van der Waals surface area contributed by atoms with E-state index in [-0.39, 0.29) is 17.3 Å². The lowest BCUT2D eigenvalue weighted by Gasteiger charge is -2.13. The second-order valence-electron chi connectivity index (χ2n) is 6.90. The molecule has 2 N–H and O–H groups in total. The number of pyridine rings is 1. The molecule has 0 bridgehead atoms. The Kier molecular flexibility index (Phi) is 3.66. The van der Waals surface area contributed by atoms with Gasteiger partial charge in [0.25, 0.3) is 0 Å². The highest BCUT2D eigenvalue weighted by molar-refractivity contribution is 5.88. The van der Waals surface area contributed by atoms with E-state index in [0.29, 0.717) is 28.9 Å². The first-order chi connectivity index (χ1) is 13.6. The predicted molar refractivity (Wildman–Crippen MR) is 107 cm³/mol. The number of rotatable bonds is 2. The Morgan fingerprint density at radius 1 is 0.821 bits per heavy atom. The van der Waals surface area contributed by atoms with Crippen LogP contribution in [-0.4, -0.2) is 15.2 Å². The molecule has 3 nitrogen and oxygen atoms in total. The predicted octanol–water partition coefficient (Wildman–Crippen LogP) is 5.54. The van der Waals surface area contributed by atoms with Gasteiger partial charge in [-0.25, -0.2) is 9.37 Å². The molecule has 28 heavy (non-hydrogen) atoms. The molecule has 4 aromatic rings. The van der Waals surface area contributed by atoms with Crippen LogP contribution in [0.15, 0.2) is 72.8 Å². The monoisotopic (exact) mass is 369 g/mol. The third-order valence-electron chi connectivity index (χ3n) is 5.19. The molecule has 0 amide bonds. The van der Waals surface area contributed by atoms with E-state index in [1.54, 1.807) is 36.4 Å². The summed E-state index contributed by atoms with van der Waals surface area (Å²) in [6.07, 6.45) is 0.639. The van der Waals surface area contributed by atoms with E-state index in [4.69, 9.17) is 4.98 Å². The Hall–Kier alpha value is -3.66. The van der Waals surface area contributed by atoms with E-state index < -0.39 is 0 Å². The summed E-state index contributed by atoms with van der Waals surface area (Å²) >= 11 is 0. The molecule has 0 fully saturated rings. The number of benzene rings is 3. The summed E-state index contributed by atoms with van der Waals surface area (Å²) in [7, 11) is 0. The zero-order valence-corrected chi connectivity index (χ0v) is 14.9. The molecule has 1 aliphatic rings. The fourth-order valence-electron chi connectivity index (χ4n) is 3.86. The molecule has 0 aliphatic heterocycles. The lowest BCUT2D eigenvalue weighted by Crippen LogP contribution is -1.96. The van der Waals surface area contributed by atoms with Crippen molar-refractivity contribution in [3.63, 3.8) is 0 Å². The summed E-state index contributed by atoms with van der Waals surface area (Å²) in [4.78, 5) is 4.74. The Morgan fingerprint density at radius 3 is 2.39 bits per heavy atom. The van der Waals surface area contributed by atoms with Crippen molar-refractivity contribution in [3.8, 4) is 45.1 Å². The Morgan fingerprint density at radius 2 is 1.61 bits per heavy atom. The highest BCUT2D eigenvalue weighted by atomic mass is 19.1. The SMILES string of the molecule is Oc1ccc(-c2cc(-c3ccccc3F)nc3c2Cc2cccc(O)c2-3)cc1. The zero-order chi connectivity index (χ0) is 19.3. The molecule has 0 spiro atoms. The molecular formula is C24H16FNO2. The average molecular weight is 369 g/mol. The summed E-state index contributed by atoms with van der Waals surface area (Å²) < 4.78 is 14.5. The van der Waals surface area contributed by atoms with Crippen molar-refractivity contribution in [2.45, 2.75) is 6.42 Å². The maximum Gasteiger partial charge on any atom is 0.132 e. The van der Waals surface area contributed by atoms with Crippen LogP contribution in [0.3, 0.4) is 0 Å². The van der Waals surface area contributed by atoms with Crippen LogP contribution in [0.5, 0.6) is 11.5 Å². The first-order valence-electron chi connectivity index (χ1n) is 9.01. The molecule has 1 aliphatic carbocycles. The van der Waals surface area contributed by atoms with Gasteiger partial charge in [-0.15, -0.1) is 0 Å². The molecule has 0 saturated carbocycles. The van der Waals surface area contributed by atoms with Crippen LogP contribution < -0.4 is 0 Å². The van der Waals surface area contributed by atoms with Gasteiger partial charge < -0.3 is 10.2 Å². The molecule has 0 unspecified atom stereocenters. The Bertz CT molecular complexity index is 1220. The van der Waals surface area contributed by atoms with E-state index in [1.807, 2.05) is 30.3 Å². The average Bonchev–Trinajstić information content (AvgIpc) is 3.08. The van der Waals surface area contributed by atoms with Crippen molar-refractivity contribution in [2.75, 3.05) is 0 Å². The first kappa shape index (κ1) is 16.5. The minimum Gasteiger partial charge on any atom is -0.508 e. The topological polar surface area (TPSA) is 53.4 Å². The van der Waals surface area contributed by atoms with Crippen molar-refractivity contribution in [1.82, 2.24) is 4.98 Å². The molecule has 4 heteroatoms. The summed E-state index contributed by atoms with van der Waals surface area (Å²) in [5.41, 5.74) is 6.11. The van der Waals surface area contributed by atoms with Crippen molar-refractivity contribution >= 4 is 0 Å². The molecule has 0 radical (unpaired) electrons. The van der Waals surface area contributed by atoms with E-state index in [1.165, 1.54) is 6.07 Å². The molecule has 5 rings (SSSR count). The van der Waals surface area contributed by atoms with Gasteiger partial charge in [0.05, 0.1) is 11.4 Å². The van der Waals surface area contributed by atoms with Gasteiger partial charge in [-0.05, 0) is 58.7 Å². The number of fused-ring (bicyclic) bond motifs is 3. The standard InChI is InChI=1S/C24H16FNO2/c25-20-6-2-1-5-17(20)21-13-18(14-8-10-16(27)11-9-14)19-12-15-4-3-7-22(28)23(15)24(19)26-21/h1-11,13,27-28H,12H2. The normalized spacial score (nSPS) is 11.9. The number of hydrogen-bond donors (Lipinski definition) is 2. The maximum atomic E-state index is 14.5. The fraction of sp³-hybridized carbons (Fsp3) is 0.0417. The number of hydrogen-bond acceptors (Lipinski definition) is 3. The summed E-state index contributed by atoms with van der Waals surface area (Å²) in [5, 5.41) is 20.1. The molecular weight excluding hydrogens is 353 g/mol. The van der Waals surface area contributed by atoms with E-state index in [0.717, 1.165) is 22.3 Å². The second-order valence-corrected chi connectivity index (χ2v) is 6.90. The maximum absolute atomic E-state index is 14.5.